The van der Waals surface area contributed by atoms with Crippen molar-refractivity contribution in [3.05, 3.63) is 63.6 Å². The summed E-state index contributed by atoms with van der Waals surface area (Å²) < 4.78 is 5.98. The Morgan fingerprint density at radius 1 is 1.12 bits per heavy atom. The van der Waals surface area contributed by atoms with Gasteiger partial charge in [-0.1, -0.05) is 24.3 Å². The van der Waals surface area contributed by atoms with Gasteiger partial charge >= 0.3 is 5.97 Å². The molecule has 2 aromatic carbocycles. The Kier molecular flexibility index (Phi) is 3.85. The summed E-state index contributed by atoms with van der Waals surface area (Å²) in [5, 5.41) is 3.84. The van der Waals surface area contributed by atoms with E-state index >= 15 is 0 Å². The van der Waals surface area contributed by atoms with E-state index in [2.05, 4.69) is 51.6 Å². The van der Waals surface area contributed by atoms with Gasteiger partial charge in [-0.05, 0) is 88.2 Å². The first-order chi connectivity index (χ1) is 12.7. The highest BCUT2D eigenvalue weighted by Crippen LogP contribution is 2.64. The standard InChI is InChI=1S/C22H22BrNO2/c1-26-22(25)13-7-5-12(6-8-13)20-19-15-10-9-14(11-15)18(19)16-3-2-4-17(23)21(16)24-20/h2-8,14-15,18-20,24H,9-11H2,1H3/t14-,15-,18+,19-,20-/m0/s1. The van der Waals surface area contributed by atoms with E-state index in [4.69, 9.17) is 4.74 Å². The number of fused-ring (bicyclic) bond motifs is 7. The minimum atomic E-state index is -0.279. The zero-order chi connectivity index (χ0) is 17.8. The first-order valence-corrected chi connectivity index (χ1v) is 10.2. The monoisotopic (exact) mass is 411 g/mol. The highest BCUT2D eigenvalue weighted by molar-refractivity contribution is 9.10. The zero-order valence-electron chi connectivity index (χ0n) is 14.7. The van der Waals surface area contributed by atoms with Gasteiger partial charge < -0.3 is 10.1 Å². The molecule has 2 saturated carbocycles. The Morgan fingerprint density at radius 2 is 1.88 bits per heavy atom. The molecule has 3 aliphatic rings. The van der Waals surface area contributed by atoms with E-state index in [1.54, 1.807) is 0 Å². The molecule has 5 atom stereocenters. The summed E-state index contributed by atoms with van der Waals surface area (Å²) in [5.74, 6) is 2.62. The van der Waals surface area contributed by atoms with Crippen LogP contribution in [0.5, 0.6) is 0 Å². The minimum absolute atomic E-state index is 0.279. The van der Waals surface area contributed by atoms with Gasteiger partial charge in [-0.2, -0.15) is 0 Å². The maximum atomic E-state index is 11.8. The van der Waals surface area contributed by atoms with Crippen molar-refractivity contribution in [1.29, 1.82) is 0 Å². The molecule has 2 fully saturated rings. The van der Waals surface area contributed by atoms with Gasteiger partial charge in [-0.3, -0.25) is 0 Å². The second kappa shape index (κ2) is 6.12. The predicted molar refractivity (Wildman–Crippen MR) is 105 cm³/mol. The maximum absolute atomic E-state index is 11.8. The second-order valence-corrected chi connectivity index (χ2v) is 8.73. The third-order valence-electron chi connectivity index (χ3n) is 6.76. The van der Waals surface area contributed by atoms with Crippen LogP contribution >= 0.6 is 15.9 Å². The summed E-state index contributed by atoms with van der Waals surface area (Å²) in [5.41, 5.74) is 4.61. The molecule has 2 bridgehead atoms. The van der Waals surface area contributed by atoms with E-state index in [9.17, 15) is 4.79 Å². The van der Waals surface area contributed by atoms with Crippen molar-refractivity contribution in [2.45, 2.75) is 31.2 Å². The molecule has 0 saturated heterocycles. The summed E-state index contributed by atoms with van der Waals surface area (Å²) in [7, 11) is 1.42. The highest BCUT2D eigenvalue weighted by atomic mass is 79.9. The molecular formula is C22H22BrNO2. The van der Waals surface area contributed by atoms with Crippen molar-refractivity contribution in [3.63, 3.8) is 0 Å². The van der Waals surface area contributed by atoms with Crippen LogP contribution in [0.3, 0.4) is 0 Å². The van der Waals surface area contributed by atoms with Gasteiger partial charge in [0.2, 0.25) is 0 Å². The molecule has 5 rings (SSSR count). The Balaban J connectivity index is 1.57. The van der Waals surface area contributed by atoms with Crippen LogP contribution in [0.1, 0.15) is 52.7 Å². The Morgan fingerprint density at radius 3 is 2.65 bits per heavy atom. The molecule has 2 aromatic rings. The van der Waals surface area contributed by atoms with E-state index in [1.165, 1.54) is 43.2 Å². The van der Waals surface area contributed by atoms with E-state index in [0.29, 0.717) is 23.4 Å². The number of halogens is 1. The number of hydrogen-bond donors (Lipinski definition) is 1. The number of benzene rings is 2. The predicted octanol–water partition coefficient (Wildman–Crippen LogP) is 5.53. The second-order valence-electron chi connectivity index (χ2n) is 7.88. The number of rotatable bonds is 2. The molecular weight excluding hydrogens is 390 g/mol. The number of carbonyl (C=O) groups is 1. The van der Waals surface area contributed by atoms with E-state index in [-0.39, 0.29) is 5.97 Å². The average Bonchev–Trinajstić information content (AvgIpc) is 3.30. The number of anilines is 1. The molecule has 1 aliphatic heterocycles. The lowest BCUT2D eigenvalue weighted by molar-refractivity contribution is 0.0600. The molecule has 0 amide bonds. The van der Waals surface area contributed by atoms with Crippen LogP contribution in [0.2, 0.25) is 0 Å². The van der Waals surface area contributed by atoms with Crippen molar-refractivity contribution in [2.24, 2.45) is 17.8 Å². The molecule has 1 N–H and O–H groups in total. The topological polar surface area (TPSA) is 38.3 Å². The van der Waals surface area contributed by atoms with E-state index in [1.807, 2.05) is 12.1 Å². The van der Waals surface area contributed by atoms with Crippen molar-refractivity contribution in [3.8, 4) is 0 Å². The van der Waals surface area contributed by atoms with E-state index in [0.717, 1.165) is 16.3 Å². The number of hydrogen-bond acceptors (Lipinski definition) is 3. The lowest BCUT2D eigenvalue weighted by atomic mass is 9.68. The Labute approximate surface area is 162 Å². The molecule has 0 unspecified atom stereocenters. The Bertz CT molecular complexity index is 863. The van der Waals surface area contributed by atoms with Crippen molar-refractivity contribution >= 4 is 27.6 Å². The first kappa shape index (κ1) is 16.4. The van der Waals surface area contributed by atoms with Crippen LogP contribution in [0, 0.1) is 17.8 Å². The third-order valence-corrected chi connectivity index (χ3v) is 7.42. The number of nitrogens with one attached hydrogen (secondary N) is 1. The van der Waals surface area contributed by atoms with Gasteiger partial charge in [0.25, 0.3) is 0 Å². The number of para-hydroxylation sites is 1. The highest BCUT2D eigenvalue weighted by Gasteiger charge is 2.53. The molecule has 0 aromatic heterocycles. The SMILES string of the molecule is COC(=O)c1ccc([C@@H]2Nc3c(Br)cccc3[C@H]3[C@H]4CC[C@@H](C4)[C@@H]32)cc1. The lowest BCUT2D eigenvalue weighted by Crippen LogP contribution is -2.35. The van der Waals surface area contributed by atoms with E-state index < -0.39 is 0 Å². The van der Waals surface area contributed by atoms with Crippen molar-refractivity contribution in [2.75, 3.05) is 12.4 Å². The van der Waals surface area contributed by atoms with Crippen LogP contribution in [0.4, 0.5) is 5.69 Å². The normalized spacial score (nSPS) is 31.1. The number of carbonyl (C=O) groups excluding carboxylic acids is 1. The Hall–Kier alpha value is -1.81. The first-order valence-electron chi connectivity index (χ1n) is 9.40. The fourth-order valence-corrected chi connectivity index (χ4v) is 6.25. The van der Waals surface area contributed by atoms with Gasteiger partial charge in [-0.25, -0.2) is 4.79 Å². The van der Waals surface area contributed by atoms with Crippen molar-refractivity contribution < 1.29 is 9.53 Å². The zero-order valence-corrected chi connectivity index (χ0v) is 16.3. The van der Waals surface area contributed by atoms with Gasteiger partial charge in [-0.15, -0.1) is 0 Å². The molecule has 3 nitrogen and oxygen atoms in total. The lowest BCUT2D eigenvalue weighted by Gasteiger charge is -2.44. The number of esters is 1. The molecule has 2 aliphatic carbocycles. The van der Waals surface area contributed by atoms with Crippen LogP contribution in [-0.2, 0) is 4.74 Å². The summed E-state index contributed by atoms with van der Waals surface area (Å²) in [6.07, 6.45) is 4.08. The smallest absolute Gasteiger partial charge is 0.337 e. The summed E-state index contributed by atoms with van der Waals surface area (Å²) in [6.45, 7) is 0. The minimum Gasteiger partial charge on any atom is -0.465 e. The molecule has 26 heavy (non-hydrogen) atoms. The maximum Gasteiger partial charge on any atom is 0.337 e. The largest absolute Gasteiger partial charge is 0.465 e. The molecule has 134 valence electrons. The van der Waals surface area contributed by atoms with Crippen LogP contribution in [0.25, 0.3) is 0 Å². The van der Waals surface area contributed by atoms with Gasteiger partial charge in [0.15, 0.2) is 0 Å². The van der Waals surface area contributed by atoms with Crippen LogP contribution in [0.15, 0.2) is 46.9 Å². The van der Waals surface area contributed by atoms with Crippen LogP contribution < -0.4 is 5.32 Å². The fraction of sp³-hybridized carbons (Fsp3) is 0.409. The molecule has 4 heteroatoms. The molecule has 0 spiro atoms. The van der Waals surface area contributed by atoms with Crippen LogP contribution in [-0.4, -0.2) is 13.1 Å². The van der Waals surface area contributed by atoms with Crippen molar-refractivity contribution in [1.82, 2.24) is 0 Å². The molecule has 1 heterocycles. The number of methoxy groups -OCH3 is 1. The summed E-state index contributed by atoms with van der Waals surface area (Å²) in [6, 6.07) is 14.9. The third kappa shape index (κ3) is 2.34. The van der Waals surface area contributed by atoms with Gasteiger partial charge in [0, 0.05) is 4.47 Å². The quantitative estimate of drug-likeness (QED) is 0.659. The summed E-state index contributed by atoms with van der Waals surface area (Å²) in [4.78, 5) is 11.8. The van der Waals surface area contributed by atoms with Gasteiger partial charge in [0.1, 0.15) is 0 Å². The number of ether oxygens (including phenoxy) is 1. The van der Waals surface area contributed by atoms with Gasteiger partial charge in [0.05, 0.1) is 24.4 Å². The molecule has 0 radical (unpaired) electrons. The summed E-state index contributed by atoms with van der Waals surface area (Å²) >= 11 is 3.75. The fourth-order valence-electron chi connectivity index (χ4n) is 5.75. The average molecular weight is 412 g/mol.